The maximum Gasteiger partial charge on any atom is 0.255 e. The lowest BCUT2D eigenvalue weighted by molar-refractivity contribution is 0.0713. The Bertz CT molecular complexity index is 1490. The highest BCUT2D eigenvalue weighted by Crippen LogP contribution is 2.31. The fourth-order valence-electron chi connectivity index (χ4n) is 5.41. The molecule has 1 N–H and O–H groups in total. The summed E-state index contributed by atoms with van der Waals surface area (Å²) in [4.78, 5) is 30.4. The third-order valence-corrected chi connectivity index (χ3v) is 7.88. The van der Waals surface area contributed by atoms with Crippen LogP contribution in [0.2, 0.25) is 5.02 Å². The van der Waals surface area contributed by atoms with Gasteiger partial charge in [-0.25, -0.2) is 9.97 Å². The van der Waals surface area contributed by atoms with Gasteiger partial charge in [0.25, 0.3) is 5.91 Å². The van der Waals surface area contributed by atoms with E-state index in [0.717, 1.165) is 48.3 Å². The second kappa shape index (κ2) is 9.87. The van der Waals surface area contributed by atoms with Crippen LogP contribution in [0, 0.1) is 11.3 Å². The number of H-pyrrole nitrogens is 1. The topological polar surface area (TPSA) is 88.9 Å². The van der Waals surface area contributed by atoms with Crippen molar-refractivity contribution in [2.24, 2.45) is 0 Å². The number of carbonyl (C=O) groups excluding carboxylic acids is 1. The highest BCUT2D eigenvalue weighted by molar-refractivity contribution is 6.34. The van der Waals surface area contributed by atoms with Gasteiger partial charge in [-0.1, -0.05) is 23.7 Å². The average Bonchev–Trinajstić information content (AvgIpc) is 3.63. The summed E-state index contributed by atoms with van der Waals surface area (Å²) in [6.07, 6.45) is 5.98. The van der Waals surface area contributed by atoms with E-state index < -0.39 is 0 Å². The number of benzene rings is 2. The van der Waals surface area contributed by atoms with E-state index in [2.05, 4.69) is 20.9 Å². The number of nitriles is 1. The van der Waals surface area contributed by atoms with Crippen LogP contribution in [0.25, 0.3) is 22.4 Å². The van der Waals surface area contributed by atoms with E-state index in [4.69, 9.17) is 21.8 Å². The molecule has 7 nitrogen and oxygen atoms in total. The lowest BCUT2D eigenvalue weighted by Crippen LogP contribution is -2.38. The quantitative estimate of drug-likeness (QED) is 0.376. The summed E-state index contributed by atoms with van der Waals surface area (Å²) in [6.45, 7) is 3.39. The number of likely N-dealkylation sites (tertiary alicyclic amines) is 1. The van der Waals surface area contributed by atoms with E-state index in [1.54, 1.807) is 6.07 Å². The van der Waals surface area contributed by atoms with Crippen molar-refractivity contribution in [3.8, 4) is 17.5 Å². The third-order valence-electron chi connectivity index (χ3n) is 7.55. The molecule has 0 unspecified atom stereocenters. The van der Waals surface area contributed by atoms with E-state index in [0.29, 0.717) is 41.0 Å². The molecule has 2 aromatic carbocycles. The number of amides is 1. The third kappa shape index (κ3) is 4.65. The molecule has 0 spiro atoms. The van der Waals surface area contributed by atoms with Crippen LogP contribution in [0.1, 0.15) is 53.1 Å². The molecule has 2 saturated heterocycles. The van der Waals surface area contributed by atoms with Gasteiger partial charge in [-0.3, -0.25) is 4.79 Å². The maximum atomic E-state index is 13.5. The average molecular weight is 511 g/mol. The number of rotatable bonds is 4. The summed E-state index contributed by atoms with van der Waals surface area (Å²) in [6, 6.07) is 17.5. The van der Waals surface area contributed by atoms with Gasteiger partial charge < -0.3 is 14.8 Å². The Labute approximate surface area is 220 Å². The fraction of sp³-hybridized carbons (Fsp3) is 0.310. The van der Waals surface area contributed by atoms with Crippen molar-refractivity contribution in [3.05, 3.63) is 76.4 Å². The molecule has 4 aromatic rings. The molecule has 2 aliphatic rings. The lowest BCUT2D eigenvalue weighted by atomic mass is 9.89. The van der Waals surface area contributed by atoms with Crippen LogP contribution in [0.4, 0.5) is 5.82 Å². The van der Waals surface area contributed by atoms with Gasteiger partial charge in [0.1, 0.15) is 11.6 Å². The molecule has 37 heavy (non-hydrogen) atoms. The molecule has 0 bridgehead atoms. The summed E-state index contributed by atoms with van der Waals surface area (Å²) in [5.41, 5.74) is 4.92. The second-order valence-corrected chi connectivity index (χ2v) is 10.2. The molecule has 2 aliphatic heterocycles. The van der Waals surface area contributed by atoms with Crippen molar-refractivity contribution in [1.82, 2.24) is 19.9 Å². The zero-order valence-electron chi connectivity index (χ0n) is 20.5. The first-order valence-electron chi connectivity index (χ1n) is 12.8. The van der Waals surface area contributed by atoms with E-state index >= 15 is 0 Å². The number of piperidine rings is 1. The van der Waals surface area contributed by atoms with Crippen molar-refractivity contribution < 1.29 is 4.79 Å². The summed E-state index contributed by atoms with van der Waals surface area (Å²) in [5, 5.41) is 9.47. The number of fused-ring (bicyclic) bond motifs is 1. The van der Waals surface area contributed by atoms with Gasteiger partial charge in [-0.2, -0.15) is 5.26 Å². The molecule has 0 aliphatic carbocycles. The zero-order valence-corrected chi connectivity index (χ0v) is 21.2. The highest BCUT2D eigenvalue weighted by Gasteiger charge is 2.26. The molecule has 8 heteroatoms. The Morgan fingerprint density at radius 2 is 1.78 bits per heavy atom. The number of carbonyl (C=O) groups is 1. The van der Waals surface area contributed by atoms with Crippen molar-refractivity contribution in [2.45, 2.75) is 31.6 Å². The van der Waals surface area contributed by atoms with E-state index in [9.17, 15) is 4.79 Å². The number of nitrogens with zero attached hydrogens (tertiary/aromatic N) is 5. The minimum atomic E-state index is -0.0563. The monoisotopic (exact) mass is 510 g/mol. The van der Waals surface area contributed by atoms with Crippen molar-refractivity contribution in [3.63, 3.8) is 0 Å². The molecule has 0 saturated carbocycles. The fourth-order valence-corrected chi connectivity index (χ4v) is 5.61. The largest absolute Gasteiger partial charge is 0.357 e. The molecule has 1 amide bonds. The number of halogens is 1. The Balaban J connectivity index is 1.19. The summed E-state index contributed by atoms with van der Waals surface area (Å²) in [7, 11) is 0. The smallest absolute Gasteiger partial charge is 0.255 e. The molecular weight excluding hydrogens is 484 g/mol. The zero-order chi connectivity index (χ0) is 25.4. The number of aromatic nitrogens is 3. The van der Waals surface area contributed by atoms with Crippen molar-refractivity contribution in [1.29, 1.82) is 5.26 Å². The SMILES string of the molecule is N#Cc1ccc(C2CCN(C(=O)c3cc(-c4nc5cc(N6CCCC6)ncc5[nH]4)ccc3Cl)CC2)cc1. The van der Waals surface area contributed by atoms with Gasteiger partial charge in [0.05, 0.1) is 39.4 Å². The van der Waals surface area contributed by atoms with Gasteiger partial charge in [0.15, 0.2) is 0 Å². The van der Waals surface area contributed by atoms with Crippen molar-refractivity contribution in [2.75, 3.05) is 31.1 Å². The molecule has 2 fully saturated rings. The first kappa shape index (κ1) is 23.5. The molecule has 4 heterocycles. The van der Waals surface area contributed by atoms with Gasteiger partial charge in [-0.15, -0.1) is 0 Å². The van der Waals surface area contributed by atoms with E-state index in [-0.39, 0.29) is 5.91 Å². The predicted octanol–water partition coefficient (Wildman–Crippen LogP) is 5.77. The standard InChI is InChI=1S/C29H27ClN6O/c30-24-8-7-22(28-33-25-16-27(32-18-26(25)34-28)35-11-1-2-12-35)15-23(24)29(37)36-13-9-21(10-14-36)20-5-3-19(17-31)4-6-20/h3-8,15-16,18,21H,1-2,9-14H2,(H,33,34). The van der Waals surface area contributed by atoms with Crippen LogP contribution in [0.3, 0.4) is 0 Å². The van der Waals surface area contributed by atoms with Crippen LogP contribution >= 0.6 is 11.6 Å². The summed E-state index contributed by atoms with van der Waals surface area (Å²) < 4.78 is 0. The molecule has 6 rings (SSSR count). The minimum Gasteiger partial charge on any atom is -0.357 e. The van der Waals surface area contributed by atoms with Crippen LogP contribution in [0.15, 0.2) is 54.7 Å². The summed E-state index contributed by atoms with van der Waals surface area (Å²) in [5.74, 6) is 1.98. The predicted molar refractivity (Wildman–Crippen MR) is 145 cm³/mol. The number of hydrogen-bond acceptors (Lipinski definition) is 5. The Hall–Kier alpha value is -3.89. The van der Waals surface area contributed by atoms with Crippen LogP contribution in [-0.4, -0.2) is 51.9 Å². The van der Waals surface area contributed by atoms with E-state index in [1.165, 1.54) is 18.4 Å². The first-order chi connectivity index (χ1) is 18.1. The number of anilines is 1. The summed E-state index contributed by atoms with van der Waals surface area (Å²) >= 11 is 6.50. The number of nitrogens with one attached hydrogen (secondary N) is 1. The molecular formula is C29H27ClN6O. The van der Waals surface area contributed by atoms with Crippen LogP contribution in [0.5, 0.6) is 0 Å². The first-order valence-corrected chi connectivity index (χ1v) is 13.2. The Kier molecular flexibility index (Phi) is 6.27. The molecule has 0 radical (unpaired) electrons. The number of hydrogen-bond donors (Lipinski definition) is 1. The number of pyridine rings is 1. The van der Waals surface area contributed by atoms with E-state index in [1.807, 2.05) is 53.6 Å². The molecule has 0 atom stereocenters. The van der Waals surface area contributed by atoms with Gasteiger partial charge >= 0.3 is 0 Å². The number of aromatic amines is 1. The van der Waals surface area contributed by atoms with Crippen LogP contribution < -0.4 is 4.90 Å². The molecule has 2 aromatic heterocycles. The Morgan fingerprint density at radius 3 is 2.51 bits per heavy atom. The van der Waals surface area contributed by atoms with Crippen LogP contribution in [-0.2, 0) is 0 Å². The second-order valence-electron chi connectivity index (χ2n) is 9.83. The van der Waals surface area contributed by atoms with Gasteiger partial charge in [0.2, 0.25) is 0 Å². The lowest BCUT2D eigenvalue weighted by Gasteiger charge is -2.32. The van der Waals surface area contributed by atoms with Gasteiger partial charge in [0, 0.05) is 37.8 Å². The number of imidazole rings is 1. The normalized spacial score (nSPS) is 16.3. The minimum absolute atomic E-state index is 0.0563. The maximum absolute atomic E-state index is 13.5. The highest BCUT2D eigenvalue weighted by atomic mass is 35.5. The van der Waals surface area contributed by atoms with Gasteiger partial charge in [-0.05, 0) is 67.5 Å². The molecule has 186 valence electrons. The van der Waals surface area contributed by atoms with Crippen molar-refractivity contribution >= 4 is 34.4 Å². The Morgan fingerprint density at radius 1 is 1.03 bits per heavy atom.